The van der Waals surface area contributed by atoms with Crippen LogP contribution in [-0.4, -0.2) is 31.6 Å². The minimum atomic E-state index is -3.22. The predicted octanol–water partition coefficient (Wildman–Crippen LogP) is 5.66. The van der Waals surface area contributed by atoms with Crippen LogP contribution in [0.1, 0.15) is 49.0 Å². The summed E-state index contributed by atoms with van der Waals surface area (Å²) >= 11 is 12.1. The van der Waals surface area contributed by atoms with Crippen molar-refractivity contribution in [1.82, 2.24) is 4.98 Å². The van der Waals surface area contributed by atoms with E-state index in [0.717, 1.165) is 11.1 Å². The summed E-state index contributed by atoms with van der Waals surface area (Å²) in [4.78, 5) is 4.18. The summed E-state index contributed by atoms with van der Waals surface area (Å²) in [7, 11) is -3.22. The normalized spacial score (nSPS) is 11.8. The first-order valence-electron chi connectivity index (χ1n) is 10.9. The van der Waals surface area contributed by atoms with E-state index in [-0.39, 0.29) is 30.6 Å². The molecule has 0 fully saturated rings. The Morgan fingerprint density at radius 3 is 2.49 bits per heavy atom. The number of nitriles is 1. The van der Waals surface area contributed by atoms with Gasteiger partial charge in [-0.3, -0.25) is 0 Å². The lowest BCUT2D eigenvalue weighted by Crippen LogP contribution is -2.19. The Bertz CT molecular complexity index is 1310. The van der Waals surface area contributed by atoms with E-state index in [1.165, 1.54) is 6.26 Å². The highest BCUT2D eigenvalue weighted by molar-refractivity contribution is 7.90. The summed E-state index contributed by atoms with van der Waals surface area (Å²) < 4.78 is 40.0. The SMILES string of the molecule is CCS(=O)(=O)Cc1nc(COc2ccc(C(C)(C)c3cc(Cl)c(OCCCl)c(C#N)c3)cc2)co1. The molecule has 0 aliphatic carbocycles. The third-order valence-corrected chi connectivity index (χ3v) is 7.56. The van der Waals surface area contributed by atoms with E-state index in [1.807, 2.05) is 38.1 Å². The second-order valence-corrected chi connectivity index (χ2v) is 11.5. The number of benzene rings is 2. The van der Waals surface area contributed by atoms with Crippen molar-refractivity contribution in [2.75, 3.05) is 18.2 Å². The van der Waals surface area contributed by atoms with Crippen molar-refractivity contribution in [1.29, 1.82) is 5.26 Å². The standard InChI is InChI=1S/C25H26Cl2N2O5S/c1-4-35(30,31)16-23-29-20(15-34-23)14-33-21-7-5-18(6-8-21)25(2,3)19-11-17(13-28)24(22(27)12-19)32-10-9-26/h5-8,11-12,15H,4,9-10,14,16H2,1-3H3. The number of sulfone groups is 1. The van der Waals surface area contributed by atoms with Crippen molar-refractivity contribution in [2.24, 2.45) is 0 Å². The average molecular weight is 537 g/mol. The second-order valence-electron chi connectivity index (χ2n) is 8.33. The number of rotatable bonds is 11. The molecular weight excluding hydrogens is 511 g/mol. The maximum absolute atomic E-state index is 11.7. The van der Waals surface area contributed by atoms with E-state index in [4.69, 9.17) is 37.1 Å². The summed E-state index contributed by atoms with van der Waals surface area (Å²) in [5.74, 6) is 1.20. The summed E-state index contributed by atoms with van der Waals surface area (Å²) in [6.07, 6.45) is 1.40. The summed E-state index contributed by atoms with van der Waals surface area (Å²) in [5, 5.41) is 9.94. The molecule has 0 N–H and O–H groups in total. The zero-order chi connectivity index (χ0) is 25.6. The van der Waals surface area contributed by atoms with Crippen LogP contribution >= 0.6 is 23.2 Å². The number of hydrogen-bond acceptors (Lipinski definition) is 7. The molecule has 0 radical (unpaired) electrons. The van der Waals surface area contributed by atoms with Gasteiger partial charge in [-0.15, -0.1) is 11.6 Å². The van der Waals surface area contributed by atoms with Gasteiger partial charge in [0, 0.05) is 11.2 Å². The minimum absolute atomic E-state index is 0.0277. The molecule has 3 rings (SSSR count). The Morgan fingerprint density at radius 2 is 1.86 bits per heavy atom. The maximum Gasteiger partial charge on any atom is 0.209 e. The van der Waals surface area contributed by atoms with Crippen LogP contribution in [0, 0.1) is 11.3 Å². The zero-order valence-corrected chi connectivity index (χ0v) is 22.0. The first-order valence-corrected chi connectivity index (χ1v) is 13.6. The lowest BCUT2D eigenvalue weighted by Gasteiger charge is -2.27. The van der Waals surface area contributed by atoms with Crippen LogP contribution in [-0.2, 0) is 27.6 Å². The highest BCUT2D eigenvalue weighted by atomic mass is 35.5. The van der Waals surface area contributed by atoms with Crippen LogP contribution in [0.25, 0.3) is 0 Å². The van der Waals surface area contributed by atoms with E-state index in [0.29, 0.717) is 33.7 Å². The van der Waals surface area contributed by atoms with Gasteiger partial charge in [0.15, 0.2) is 15.6 Å². The van der Waals surface area contributed by atoms with Crippen molar-refractivity contribution in [3.63, 3.8) is 0 Å². The smallest absolute Gasteiger partial charge is 0.209 e. The molecule has 0 aliphatic rings. The number of alkyl halides is 1. The minimum Gasteiger partial charge on any atom is -0.489 e. The highest BCUT2D eigenvalue weighted by Crippen LogP contribution is 2.38. The number of ether oxygens (including phenoxy) is 2. The van der Waals surface area contributed by atoms with Crippen molar-refractivity contribution in [3.8, 4) is 17.6 Å². The van der Waals surface area contributed by atoms with Gasteiger partial charge in [-0.25, -0.2) is 13.4 Å². The summed E-state index contributed by atoms with van der Waals surface area (Å²) in [5.41, 5.74) is 2.26. The molecule has 1 heterocycles. The van der Waals surface area contributed by atoms with E-state index in [2.05, 4.69) is 11.1 Å². The largest absolute Gasteiger partial charge is 0.489 e. The van der Waals surface area contributed by atoms with E-state index in [9.17, 15) is 13.7 Å². The number of aromatic nitrogens is 1. The molecule has 10 heteroatoms. The quantitative estimate of drug-likeness (QED) is 0.291. The predicted molar refractivity (Wildman–Crippen MR) is 135 cm³/mol. The summed E-state index contributed by atoms with van der Waals surface area (Å²) in [6, 6.07) is 13.3. The van der Waals surface area contributed by atoms with Crippen molar-refractivity contribution < 1.29 is 22.3 Å². The fraction of sp³-hybridized carbons (Fsp3) is 0.360. The van der Waals surface area contributed by atoms with Crippen LogP contribution in [0.5, 0.6) is 11.5 Å². The Labute approximate surface area is 215 Å². The lowest BCUT2D eigenvalue weighted by atomic mass is 9.77. The molecule has 0 saturated carbocycles. The number of oxazole rings is 1. The van der Waals surface area contributed by atoms with E-state index >= 15 is 0 Å². The maximum atomic E-state index is 11.7. The molecule has 0 saturated heterocycles. The van der Waals surface area contributed by atoms with Crippen LogP contribution < -0.4 is 9.47 Å². The van der Waals surface area contributed by atoms with Gasteiger partial charge in [0.1, 0.15) is 42.7 Å². The molecule has 1 aromatic heterocycles. The van der Waals surface area contributed by atoms with Gasteiger partial charge in [-0.1, -0.05) is 44.5 Å². The average Bonchev–Trinajstić information content (AvgIpc) is 3.28. The number of hydrogen-bond donors (Lipinski definition) is 0. The van der Waals surface area contributed by atoms with Gasteiger partial charge < -0.3 is 13.9 Å². The first kappa shape index (κ1) is 26.9. The van der Waals surface area contributed by atoms with E-state index in [1.54, 1.807) is 19.1 Å². The third kappa shape index (κ3) is 6.69. The Kier molecular flexibility index (Phi) is 8.70. The molecule has 35 heavy (non-hydrogen) atoms. The Hall–Kier alpha value is -2.73. The molecule has 0 aliphatic heterocycles. The number of nitrogens with zero attached hydrogens (tertiary/aromatic N) is 2. The van der Waals surface area contributed by atoms with Crippen LogP contribution in [0.15, 0.2) is 47.1 Å². The van der Waals surface area contributed by atoms with Crippen LogP contribution in [0.3, 0.4) is 0 Å². The lowest BCUT2D eigenvalue weighted by molar-refractivity contribution is 0.301. The topological polar surface area (TPSA) is 102 Å². The molecule has 0 atom stereocenters. The zero-order valence-electron chi connectivity index (χ0n) is 19.7. The third-order valence-electron chi connectivity index (χ3n) is 5.55. The van der Waals surface area contributed by atoms with Gasteiger partial charge in [-0.2, -0.15) is 5.26 Å². The Morgan fingerprint density at radius 1 is 1.14 bits per heavy atom. The molecule has 186 valence electrons. The van der Waals surface area contributed by atoms with Gasteiger partial charge >= 0.3 is 0 Å². The van der Waals surface area contributed by atoms with E-state index < -0.39 is 15.3 Å². The monoisotopic (exact) mass is 536 g/mol. The van der Waals surface area contributed by atoms with Gasteiger partial charge in [0.25, 0.3) is 0 Å². The molecule has 7 nitrogen and oxygen atoms in total. The van der Waals surface area contributed by atoms with Gasteiger partial charge in [0.2, 0.25) is 5.89 Å². The highest BCUT2D eigenvalue weighted by Gasteiger charge is 2.26. The van der Waals surface area contributed by atoms with Crippen LogP contribution in [0.4, 0.5) is 0 Å². The van der Waals surface area contributed by atoms with Gasteiger partial charge in [0.05, 0.1) is 16.5 Å². The fourth-order valence-corrected chi connectivity index (χ4v) is 4.45. The molecule has 0 bridgehead atoms. The first-order chi connectivity index (χ1) is 16.6. The summed E-state index contributed by atoms with van der Waals surface area (Å²) in [6.45, 7) is 6.06. The molecule has 0 spiro atoms. The molecule has 3 aromatic rings. The Balaban J connectivity index is 1.72. The molecule has 0 amide bonds. The van der Waals surface area contributed by atoms with Gasteiger partial charge in [-0.05, 0) is 35.4 Å². The van der Waals surface area contributed by atoms with Crippen molar-refractivity contribution >= 4 is 33.0 Å². The van der Waals surface area contributed by atoms with Crippen LogP contribution in [0.2, 0.25) is 5.02 Å². The molecule has 0 unspecified atom stereocenters. The second kappa shape index (κ2) is 11.3. The fourth-order valence-electron chi connectivity index (χ4n) is 3.39. The number of halogens is 2. The molecular formula is C25H26Cl2N2O5S. The van der Waals surface area contributed by atoms with Crippen molar-refractivity contribution in [2.45, 2.75) is 38.5 Å². The molecule has 2 aromatic carbocycles. The van der Waals surface area contributed by atoms with Crippen molar-refractivity contribution in [3.05, 3.63) is 76.0 Å².